The van der Waals surface area contributed by atoms with Gasteiger partial charge in [0.1, 0.15) is 0 Å². The van der Waals surface area contributed by atoms with E-state index in [0.717, 1.165) is 50.4 Å². The summed E-state index contributed by atoms with van der Waals surface area (Å²) < 4.78 is 26.5. The fourth-order valence-electron chi connectivity index (χ4n) is 3.85. The highest BCUT2D eigenvalue weighted by atomic mass is 19.3. The lowest BCUT2D eigenvalue weighted by Gasteiger charge is -2.38. The third-order valence-corrected chi connectivity index (χ3v) is 5.22. The van der Waals surface area contributed by atoms with Crippen LogP contribution in [0.2, 0.25) is 0 Å². The van der Waals surface area contributed by atoms with E-state index >= 15 is 0 Å². The maximum Gasteiger partial charge on any atom is 0.248 e. The molecular formula is C17H32F2. The second-order valence-electron chi connectivity index (χ2n) is 6.59. The summed E-state index contributed by atoms with van der Waals surface area (Å²) in [5, 5.41) is 0. The van der Waals surface area contributed by atoms with Crippen molar-refractivity contribution in [2.24, 2.45) is 23.7 Å². The molecule has 0 atom stereocenters. The van der Waals surface area contributed by atoms with Crippen LogP contribution in [0.4, 0.5) is 8.78 Å². The SMILES string of the molecule is CC.CC1CCC(C2CCC(C(C)(F)F)CC2)CC1. The van der Waals surface area contributed by atoms with Crippen LogP contribution in [0.25, 0.3) is 0 Å². The Hall–Kier alpha value is -0.140. The third-order valence-electron chi connectivity index (χ3n) is 5.22. The number of rotatable bonds is 2. The van der Waals surface area contributed by atoms with Gasteiger partial charge >= 0.3 is 0 Å². The minimum absolute atomic E-state index is 0.346. The lowest BCUT2D eigenvalue weighted by Crippen LogP contribution is -2.32. The monoisotopic (exact) mass is 274 g/mol. The number of hydrogen-bond donors (Lipinski definition) is 0. The molecule has 0 saturated heterocycles. The van der Waals surface area contributed by atoms with Gasteiger partial charge in [0.2, 0.25) is 5.92 Å². The molecule has 2 saturated carbocycles. The molecule has 0 radical (unpaired) electrons. The minimum Gasteiger partial charge on any atom is -0.207 e. The number of alkyl halides is 2. The summed E-state index contributed by atoms with van der Waals surface area (Å²) in [5.41, 5.74) is 0. The minimum atomic E-state index is -2.45. The van der Waals surface area contributed by atoms with E-state index in [0.29, 0.717) is 0 Å². The lowest BCUT2D eigenvalue weighted by molar-refractivity contribution is -0.0617. The largest absolute Gasteiger partial charge is 0.248 e. The average molecular weight is 274 g/mol. The normalized spacial score (nSPS) is 36.3. The fourth-order valence-corrected chi connectivity index (χ4v) is 3.85. The molecule has 0 aromatic heterocycles. The molecular weight excluding hydrogens is 242 g/mol. The predicted molar refractivity (Wildman–Crippen MR) is 78.5 cm³/mol. The van der Waals surface area contributed by atoms with Gasteiger partial charge in [0.25, 0.3) is 0 Å². The molecule has 0 bridgehead atoms. The van der Waals surface area contributed by atoms with Gasteiger partial charge in [0.15, 0.2) is 0 Å². The van der Waals surface area contributed by atoms with E-state index < -0.39 is 5.92 Å². The van der Waals surface area contributed by atoms with Gasteiger partial charge in [-0.2, -0.15) is 0 Å². The molecule has 0 spiro atoms. The van der Waals surface area contributed by atoms with Crippen LogP contribution in [0.5, 0.6) is 0 Å². The van der Waals surface area contributed by atoms with Gasteiger partial charge in [0, 0.05) is 5.92 Å². The zero-order chi connectivity index (χ0) is 14.5. The summed E-state index contributed by atoms with van der Waals surface area (Å²) in [6.45, 7) is 7.44. The van der Waals surface area contributed by atoms with Crippen molar-refractivity contribution >= 4 is 0 Å². The van der Waals surface area contributed by atoms with Crippen molar-refractivity contribution in [3.8, 4) is 0 Å². The van der Waals surface area contributed by atoms with Crippen LogP contribution in [0.15, 0.2) is 0 Å². The van der Waals surface area contributed by atoms with Crippen LogP contribution in [-0.2, 0) is 0 Å². The van der Waals surface area contributed by atoms with Crippen LogP contribution < -0.4 is 0 Å². The summed E-state index contributed by atoms with van der Waals surface area (Å²) in [4.78, 5) is 0. The van der Waals surface area contributed by atoms with Crippen molar-refractivity contribution in [3.63, 3.8) is 0 Å². The Balaban J connectivity index is 0.000000861. The quantitative estimate of drug-likeness (QED) is 0.554. The molecule has 0 N–H and O–H groups in total. The van der Waals surface area contributed by atoms with Gasteiger partial charge < -0.3 is 0 Å². The van der Waals surface area contributed by atoms with E-state index in [2.05, 4.69) is 6.92 Å². The van der Waals surface area contributed by atoms with Gasteiger partial charge in [0.05, 0.1) is 0 Å². The van der Waals surface area contributed by atoms with Crippen molar-refractivity contribution in [1.29, 1.82) is 0 Å². The molecule has 2 rings (SSSR count). The first-order valence-corrected chi connectivity index (χ1v) is 8.34. The van der Waals surface area contributed by atoms with Crippen molar-refractivity contribution in [3.05, 3.63) is 0 Å². The molecule has 114 valence electrons. The van der Waals surface area contributed by atoms with Gasteiger partial charge in [-0.3, -0.25) is 0 Å². The maximum atomic E-state index is 13.2. The van der Waals surface area contributed by atoms with Crippen molar-refractivity contribution in [2.75, 3.05) is 0 Å². The molecule has 0 unspecified atom stereocenters. The second kappa shape index (κ2) is 7.59. The van der Waals surface area contributed by atoms with Crippen molar-refractivity contribution < 1.29 is 8.78 Å². The van der Waals surface area contributed by atoms with E-state index in [9.17, 15) is 8.78 Å². The first kappa shape index (κ1) is 16.9. The van der Waals surface area contributed by atoms with Gasteiger partial charge in [-0.25, -0.2) is 8.78 Å². The molecule has 2 fully saturated rings. The van der Waals surface area contributed by atoms with Crippen LogP contribution in [0.1, 0.15) is 79.1 Å². The Labute approximate surface area is 118 Å². The Kier molecular flexibility index (Phi) is 6.76. The van der Waals surface area contributed by atoms with Crippen LogP contribution in [0, 0.1) is 23.7 Å². The molecule has 0 nitrogen and oxygen atoms in total. The Morgan fingerprint density at radius 2 is 1.11 bits per heavy atom. The average Bonchev–Trinajstić information content (AvgIpc) is 2.41. The van der Waals surface area contributed by atoms with Crippen LogP contribution in [-0.4, -0.2) is 5.92 Å². The maximum absolute atomic E-state index is 13.2. The molecule has 2 aliphatic rings. The highest BCUT2D eigenvalue weighted by Crippen LogP contribution is 2.44. The topological polar surface area (TPSA) is 0 Å². The Morgan fingerprint density at radius 1 is 0.737 bits per heavy atom. The highest BCUT2D eigenvalue weighted by molar-refractivity contribution is 4.84. The van der Waals surface area contributed by atoms with Gasteiger partial charge in [-0.05, 0) is 63.2 Å². The zero-order valence-electron chi connectivity index (χ0n) is 13.2. The predicted octanol–water partition coefficient (Wildman–Crippen LogP) is 6.30. The van der Waals surface area contributed by atoms with E-state index in [1.54, 1.807) is 0 Å². The molecule has 0 heterocycles. The Bertz CT molecular complexity index is 228. The first-order chi connectivity index (χ1) is 8.97. The molecule has 2 heteroatoms. The molecule has 0 aromatic rings. The molecule has 0 amide bonds. The molecule has 2 aliphatic carbocycles. The van der Waals surface area contributed by atoms with Crippen LogP contribution >= 0.6 is 0 Å². The molecule has 0 aliphatic heterocycles. The molecule has 0 aromatic carbocycles. The summed E-state index contributed by atoms with van der Waals surface area (Å²) in [5.74, 6) is -0.311. The van der Waals surface area contributed by atoms with E-state index in [1.165, 1.54) is 25.7 Å². The first-order valence-electron chi connectivity index (χ1n) is 8.34. The zero-order valence-corrected chi connectivity index (χ0v) is 13.2. The summed E-state index contributed by atoms with van der Waals surface area (Å²) in [6, 6.07) is 0. The van der Waals surface area contributed by atoms with Gasteiger partial charge in [-0.1, -0.05) is 33.6 Å². The smallest absolute Gasteiger partial charge is 0.207 e. The second-order valence-corrected chi connectivity index (χ2v) is 6.59. The van der Waals surface area contributed by atoms with Crippen molar-refractivity contribution in [2.45, 2.75) is 85.0 Å². The number of hydrogen-bond acceptors (Lipinski definition) is 0. The van der Waals surface area contributed by atoms with E-state index in [-0.39, 0.29) is 5.92 Å². The summed E-state index contributed by atoms with van der Waals surface area (Å²) in [7, 11) is 0. The third kappa shape index (κ3) is 5.04. The lowest BCUT2D eigenvalue weighted by atomic mass is 9.69. The highest BCUT2D eigenvalue weighted by Gasteiger charge is 2.38. The standard InChI is InChI=1S/C15H26F2.C2H6/c1-11-3-5-12(6-4-11)13-7-9-14(10-8-13)15(2,16)17;1-2/h11-14H,3-10H2,1-2H3;1-2H3. The fraction of sp³-hybridized carbons (Fsp3) is 1.00. The molecule has 19 heavy (non-hydrogen) atoms. The Morgan fingerprint density at radius 3 is 1.47 bits per heavy atom. The van der Waals surface area contributed by atoms with Crippen LogP contribution in [0.3, 0.4) is 0 Å². The van der Waals surface area contributed by atoms with E-state index in [4.69, 9.17) is 0 Å². The summed E-state index contributed by atoms with van der Waals surface area (Å²) in [6.07, 6.45) is 9.00. The number of halogens is 2. The van der Waals surface area contributed by atoms with Crippen molar-refractivity contribution in [1.82, 2.24) is 0 Å². The van der Waals surface area contributed by atoms with E-state index in [1.807, 2.05) is 13.8 Å². The summed E-state index contributed by atoms with van der Waals surface area (Å²) >= 11 is 0. The van der Waals surface area contributed by atoms with Gasteiger partial charge in [-0.15, -0.1) is 0 Å².